The molecule has 2 aromatic rings. The highest BCUT2D eigenvalue weighted by Gasteiger charge is 2.46. The van der Waals surface area contributed by atoms with E-state index in [0.717, 1.165) is 60.8 Å². The Morgan fingerprint density at radius 3 is 3.07 bits per heavy atom. The zero-order chi connectivity index (χ0) is 19.7. The predicted molar refractivity (Wildman–Crippen MR) is 113 cm³/mol. The van der Waals surface area contributed by atoms with Gasteiger partial charge in [-0.3, -0.25) is 14.4 Å². The molecule has 0 radical (unpaired) electrons. The van der Waals surface area contributed by atoms with Gasteiger partial charge < -0.3 is 4.74 Å². The van der Waals surface area contributed by atoms with E-state index >= 15 is 0 Å². The highest BCUT2D eigenvalue weighted by atomic mass is 32.2. The lowest BCUT2D eigenvalue weighted by Crippen LogP contribution is -2.50. The van der Waals surface area contributed by atoms with Crippen LogP contribution >= 0.6 is 23.1 Å². The smallest absolute Gasteiger partial charge is 0.189 e. The van der Waals surface area contributed by atoms with Gasteiger partial charge in [-0.05, 0) is 38.5 Å². The Balaban J connectivity index is 1.47. The van der Waals surface area contributed by atoms with Crippen LogP contribution in [0.5, 0.6) is 0 Å². The maximum absolute atomic E-state index is 12.4. The largest absolute Gasteiger partial charge is 0.361 e. The van der Waals surface area contributed by atoms with Gasteiger partial charge in [0.15, 0.2) is 5.78 Å². The molecule has 0 N–H and O–H groups in total. The van der Waals surface area contributed by atoms with Crippen LogP contribution in [0.1, 0.15) is 52.5 Å². The molecule has 0 bridgehead atoms. The Morgan fingerprint density at radius 2 is 2.32 bits per heavy atom. The number of nitrogens with zero attached hydrogens (tertiary/aromatic N) is 4. The number of aryl methyl sites for hydroxylation is 2. The van der Waals surface area contributed by atoms with Crippen molar-refractivity contribution in [1.29, 1.82) is 0 Å². The second kappa shape index (κ2) is 8.26. The Bertz CT molecular complexity index is 849. The van der Waals surface area contributed by atoms with Crippen molar-refractivity contribution in [3.8, 4) is 0 Å². The summed E-state index contributed by atoms with van der Waals surface area (Å²) in [5.74, 6) is 1.18. The van der Waals surface area contributed by atoms with E-state index in [1.165, 1.54) is 4.88 Å². The molecule has 1 spiro atoms. The highest BCUT2D eigenvalue weighted by molar-refractivity contribution is 7.98. The van der Waals surface area contributed by atoms with Crippen LogP contribution in [0.3, 0.4) is 0 Å². The molecule has 1 saturated heterocycles. The van der Waals surface area contributed by atoms with Crippen molar-refractivity contribution >= 4 is 28.9 Å². The second-order valence-electron chi connectivity index (χ2n) is 7.75. The maximum atomic E-state index is 12.4. The number of carbonyl (C=O) groups is 1. The molecule has 0 amide bonds. The Kier molecular flexibility index (Phi) is 5.92. The van der Waals surface area contributed by atoms with Crippen LogP contribution in [0.4, 0.5) is 0 Å². The van der Waals surface area contributed by atoms with Crippen molar-refractivity contribution in [3.05, 3.63) is 33.3 Å². The summed E-state index contributed by atoms with van der Waals surface area (Å²) in [7, 11) is 0. The normalized spacial score (nSPS) is 25.4. The number of Topliss-reactive ketones (excluding diaryl/α,β-unsaturated/α-hetero) is 1. The average molecular weight is 421 g/mol. The number of hydrogen-bond donors (Lipinski definition) is 0. The van der Waals surface area contributed by atoms with Crippen LogP contribution in [-0.2, 0) is 29.8 Å². The number of aromatic nitrogens is 3. The van der Waals surface area contributed by atoms with Crippen LogP contribution in [-0.4, -0.2) is 56.9 Å². The molecule has 1 fully saturated rings. The van der Waals surface area contributed by atoms with Gasteiger partial charge in [-0.1, -0.05) is 12.1 Å². The fourth-order valence-electron chi connectivity index (χ4n) is 4.25. The summed E-state index contributed by atoms with van der Waals surface area (Å²) >= 11 is 3.59. The standard InChI is InChI=1S/C20H28N4O2S2/c1-4-16-9-17-18(25)13-26-20(19(17)28-16)5-6-23(14(2)10-20)11-15-12-24(22-21-15)7-8-27-3/h9,12,14H,4-8,10-11,13H2,1-3H3/t14-,20?/m0/s1. The Morgan fingerprint density at radius 1 is 1.46 bits per heavy atom. The number of ether oxygens (including phenoxy) is 1. The van der Waals surface area contributed by atoms with Crippen LogP contribution in [0.15, 0.2) is 12.3 Å². The fourth-order valence-corrected chi connectivity index (χ4v) is 5.91. The molecule has 4 heterocycles. The minimum absolute atomic E-state index is 0.133. The third kappa shape index (κ3) is 3.79. The molecular formula is C20H28N4O2S2. The summed E-state index contributed by atoms with van der Waals surface area (Å²) in [6, 6.07) is 2.45. The van der Waals surface area contributed by atoms with E-state index < -0.39 is 0 Å². The van der Waals surface area contributed by atoms with E-state index in [9.17, 15) is 4.79 Å². The molecule has 1 unspecified atom stereocenters. The molecular weight excluding hydrogens is 392 g/mol. The van der Waals surface area contributed by atoms with Gasteiger partial charge in [-0.2, -0.15) is 11.8 Å². The summed E-state index contributed by atoms with van der Waals surface area (Å²) in [4.78, 5) is 17.3. The number of ketones is 1. The second-order valence-corrected chi connectivity index (χ2v) is 9.88. The van der Waals surface area contributed by atoms with Gasteiger partial charge >= 0.3 is 0 Å². The molecule has 2 aliphatic rings. The first-order chi connectivity index (χ1) is 13.5. The maximum Gasteiger partial charge on any atom is 0.189 e. The quantitative estimate of drug-likeness (QED) is 0.714. The van der Waals surface area contributed by atoms with Crippen molar-refractivity contribution < 1.29 is 9.53 Å². The van der Waals surface area contributed by atoms with Gasteiger partial charge in [-0.25, -0.2) is 0 Å². The van der Waals surface area contributed by atoms with Crippen molar-refractivity contribution in [3.63, 3.8) is 0 Å². The number of carbonyl (C=O) groups excluding carboxylic acids is 1. The lowest BCUT2D eigenvalue weighted by molar-refractivity contribution is -0.0998. The number of fused-ring (bicyclic) bond motifs is 2. The van der Waals surface area contributed by atoms with Crippen molar-refractivity contribution in [2.75, 3.05) is 25.2 Å². The van der Waals surface area contributed by atoms with Gasteiger partial charge in [-0.15, -0.1) is 16.4 Å². The van der Waals surface area contributed by atoms with Crippen LogP contribution in [0, 0.1) is 0 Å². The van der Waals surface area contributed by atoms with Crippen molar-refractivity contribution in [2.45, 2.75) is 57.8 Å². The van der Waals surface area contributed by atoms with E-state index in [0.29, 0.717) is 6.04 Å². The summed E-state index contributed by atoms with van der Waals surface area (Å²) < 4.78 is 8.15. The summed E-state index contributed by atoms with van der Waals surface area (Å²) in [6.45, 7) is 7.26. The molecule has 2 atom stereocenters. The van der Waals surface area contributed by atoms with Gasteiger partial charge in [0.25, 0.3) is 0 Å². The monoisotopic (exact) mass is 420 g/mol. The predicted octanol–water partition coefficient (Wildman–Crippen LogP) is 3.36. The molecule has 2 aromatic heterocycles. The Labute approximate surface area is 174 Å². The van der Waals surface area contributed by atoms with Gasteiger partial charge in [0.2, 0.25) is 0 Å². The van der Waals surface area contributed by atoms with Gasteiger partial charge in [0.1, 0.15) is 12.2 Å². The molecule has 4 rings (SSSR count). The zero-order valence-corrected chi connectivity index (χ0v) is 18.4. The third-order valence-corrected chi connectivity index (χ3v) is 7.91. The van der Waals surface area contributed by atoms with E-state index in [4.69, 9.17) is 4.74 Å². The fraction of sp³-hybridized carbons (Fsp3) is 0.650. The molecule has 0 aromatic carbocycles. The van der Waals surface area contributed by atoms with Gasteiger partial charge in [0.05, 0.1) is 12.2 Å². The van der Waals surface area contributed by atoms with Crippen LogP contribution in [0.25, 0.3) is 0 Å². The third-order valence-electron chi connectivity index (χ3n) is 5.85. The van der Waals surface area contributed by atoms with Crippen molar-refractivity contribution in [1.82, 2.24) is 19.9 Å². The molecule has 2 aliphatic heterocycles. The van der Waals surface area contributed by atoms with E-state index in [-0.39, 0.29) is 18.0 Å². The first-order valence-electron chi connectivity index (χ1n) is 9.97. The van der Waals surface area contributed by atoms with Crippen LogP contribution in [0.2, 0.25) is 0 Å². The number of hydrogen-bond acceptors (Lipinski definition) is 7. The lowest BCUT2D eigenvalue weighted by atomic mass is 9.82. The molecule has 6 nitrogen and oxygen atoms in total. The van der Waals surface area contributed by atoms with Crippen LogP contribution < -0.4 is 0 Å². The minimum atomic E-state index is -0.298. The number of rotatable bonds is 6. The average Bonchev–Trinajstić information content (AvgIpc) is 3.33. The summed E-state index contributed by atoms with van der Waals surface area (Å²) in [5, 5.41) is 8.59. The van der Waals surface area contributed by atoms with E-state index in [2.05, 4.69) is 47.6 Å². The van der Waals surface area contributed by atoms with Gasteiger partial charge in [0, 0.05) is 46.4 Å². The lowest BCUT2D eigenvalue weighted by Gasteiger charge is -2.46. The SMILES string of the molecule is CCc1cc2c(s1)C1(CCN(Cc3cn(CCSC)nn3)[C@@H](C)C1)OCC2=O. The molecule has 0 aliphatic carbocycles. The zero-order valence-electron chi connectivity index (χ0n) is 16.8. The summed E-state index contributed by atoms with van der Waals surface area (Å²) in [5.41, 5.74) is 1.63. The molecule has 152 valence electrons. The first kappa shape index (κ1) is 20.1. The number of piperidine rings is 1. The number of likely N-dealkylation sites (tertiary alicyclic amines) is 1. The molecule has 28 heavy (non-hydrogen) atoms. The molecule has 0 saturated carbocycles. The number of thiophene rings is 1. The topological polar surface area (TPSA) is 60.3 Å². The Hall–Kier alpha value is -1.22. The minimum Gasteiger partial charge on any atom is -0.361 e. The molecule has 8 heteroatoms. The first-order valence-corrected chi connectivity index (χ1v) is 12.2. The number of thioether (sulfide) groups is 1. The summed E-state index contributed by atoms with van der Waals surface area (Å²) in [6.07, 6.45) is 6.97. The van der Waals surface area contributed by atoms with E-state index in [1.807, 2.05) is 16.4 Å². The van der Waals surface area contributed by atoms with Crippen molar-refractivity contribution in [2.24, 2.45) is 0 Å². The highest BCUT2D eigenvalue weighted by Crippen LogP contribution is 2.47. The van der Waals surface area contributed by atoms with E-state index in [1.54, 1.807) is 11.3 Å².